The first kappa shape index (κ1) is 14.1. The molecule has 1 amide bonds. The third-order valence-electron chi connectivity index (χ3n) is 4.27. The fourth-order valence-corrected chi connectivity index (χ4v) is 3.09. The van der Waals surface area contributed by atoms with Gasteiger partial charge in [0.25, 0.3) is 5.91 Å². The Morgan fingerprint density at radius 2 is 1.79 bits per heavy atom. The molecule has 0 aliphatic carbocycles. The highest BCUT2D eigenvalue weighted by atomic mass is 16.3. The van der Waals surface area contributed by atoms with Gasteiger partial charge in [-0.3, -0.25) is 4.79 Å². The molecule has 0 aromatic heterocycles. The SMILES string of the molecule is Cc1cc(C)c(C(=O)N2CCC(O)C2(C)C)c(C)c1. The van der Waals surface area contributed by atoms with Crippen molar-refractivity contribution in [3.8, 4) is 0 Å². The van der Waals surface area contributed by atoms with Crippen molar-refractivity contribution in [3.05, 3.63) is 34.4 Å². The summed E-state index contributed by atoms with van der Waals surface area (Å²) in [6.45, 7) is 10.5. The van der Waals surface area contributed by atoms with Crippen molar-refractivity contribution in [1.82, 2.24) is 4.90 Å². The number of likely N-dealkylation sites (tertiary alicyclic amines) is 1. The van der Waals surface area contributed by atoms with Gasteiger partial charge in [-0.2, -0.15) is 0 Å². The predicted molar refractivity (Wildman–Crippen MR) is 76.4 cm³/mol. The molecule has 1 heterocycles. The standard InChI is InChI=1S/C16H23NO2/c1-10-8-11(2)14(12(3)9-10)15(19)17-7-6-13(18)16(17,4)5/h8-9,13,18H,6-7H2,1-5H3. The Labute approximate surface area is 115 Å². The monoisotopic (exact) mass is 261 g/mol. The quantitative estimate of drug-likeness (QED) is 0.844. The van der Waals surface area contributed by atoms with E-state index in [-0.39, 0.29) is 5.91 Å². The lowest BCUT2D eigenvalue weighted by Gasteiger charge is -2.34. The molecule has 0 saturated carbocycles. The van der Waals surface area contributed by atoms with Gasteiger partial charge in [-0.15, -0.1) is 0 Å². The number of benzene rings is 1. The molecule has 3 heteroatoms. The molecule has 0 bridgehead atoms. The molecule has 0 spiro atoms. The summed E-state index contributed by atoms with van der Waals surface area (Å²) < 4.78 is 0. The Morgan fingerprint density at radius 3 is 2.21 bits per heavy atom. The van der Waals surface area contributed by atoms with Crippen LogP contribution >= 0.6 is 0 Å². The molecule has 1 unspecified atom stereocenters. The van der Waals surface area contributed by atoms with Gasteiger partial charge in [0.05, 0.1) is 11.6 Å². The molecule has 19 heavy (non-hydrogen) atoms. The first-order valence-corrected chi connectivity index (χ1v) is 6.83. The Kier molecular flexibility index (Phi) is 3.43. The Balaban J connectivity index is 2.41. The zero-order valence-corrected chi connectivity index (χ0v) is 12.4. The van der Waals surface area contributed by atoms with E-state index >= 15 is 0 Å². The number of amides is 1. The minimum absolute atomic E-state index is 0.0385. The number of carbonyl (C=O) groups excluding carboxylic acids is 1. The first-order chi connectivity index (χ1) is 8.75. The number of carbonyl (C=O) groups is 1. The summed E-state index contributed by atoms with van der Waals surface area (Å²) in [4.78, 5) is 14.6. The van der Waals surface area contributed by atoms with Gasteiger partial charge in [0.1, 0.15) is 0 Å². The van der Waals surface area contributed by atoms with Crippen molar-refractivity contribution < 1.29 is 9.90 Å². The van der Waals surface area contributed by atoms with Gasteiger partial charge >= 0.3 is 0 Å². The van der Waals surface area contributed by atoms with Crippen LogP contribution in [0, 0.1) is 20.8 Å². The van der Waals surface area contributed by atoms with Crippen molar-refractivity contribution in [2.24, 2.45) is 0 Å². The second-order valence-electron chi connectivity index (χ2n) is 6.19. The van der Waals surface area contributed by atoms with E-state index in [1.807, 2.05) is 51.7 Å². The fourth-order valence-electron chi connectivity index (χ4n) is 3.09. The van der Waals surface area contributed by atoms with Crippen molar-refractivity contribution >= 4 is 5.91 Å². The lowest BCUT2D eigenvalue weighted by Crippen LogP contribution is -2.48. The summed E-state index contributed by atoms with van der Waals surface area (Å²) in [5, 5.41) is 10.0. The molecule has 1 aliphatic heterocycles. The van der Waals surface area contributed by atoms with E-state index < -0.39 is 11.6 Å². The summed E-state index contributed by atoms with van der Waals surface area (Å²) >= 11 is 0. The Morgan fingerprint density at radius 1 is 1.26 bits per heavy atom. The molecular formula is C16H23NO2. The van der Waals surface area contributed by atoms with Crippen LogP contribution < -0.4 is 0 Å². The maximum absolute atomic E-state index is 12.8. The van der Waals surface area contributed by atoms with E-state index in [1.165, 1.54) is 5.56 Å². The molecule has 0 radical (unpaired) electrons. The predicted octanol–water partition coefficient (Wildman–Crippen LogP) is 2.60. The van der Waals surface area contributed by atoms with Gasteiger partial charge in [-0.1, -0.05) is 17.7 Å². The molecule has 3 nitrogen and oxygen atoms in total. The molecule has 2 rings (SSSR count). The molecule has 1 aliphatic rings. The number of aliphatic hydroxyl groups is 1. The third kappa shape index (κ3) is 2.27. The van der Waals surface area contributed by atoms with E-state index in [1.54, 1.807) is 0 Å². The minimum Gasteiger partial charge on any atom is -0.391 e. The molecule has 1 atom stereocenters. The highest BCUT2D eigenvalue weighted by molar-refractivity contribution is 5.97. The van der Waals surface area contributed by atoms with Gasteiger partial charge in [-0.05, 0) is 52.2 Å². The van der Waals surface area contributed by atoms with E-state index in [4.69, 9.17) is 0 Å². The molecule has 104 valence electrons. The lowest BCUT2D eigenvalue weighted by atomic mass is 9.95. The van der Waals surface area contributed by atoms with Crippen LogP contribution in [0.2, 0.25) is 0 Å². The lowest BCUT2D eigenvalue weighted by molar-refractivity contribution is 0.0393. The maximum Gasteiger partial charge on any atom is 0.254 e. The second-order valence-corrected chi connectivity index (χ2v) is 6.19. The van der Waals surface area contributed by atoms with Crippen LogP contribution in [-0.2, 0) is 0 Å². The van der Waals surface area contributed by atoms with E-state index in [2.05, 4.69) is 0 Å². The van der Waals surface area contributed by atoms with Crippen LogP contribution in [0.15, 0.2) is 12.1 Å². The fraction of sp³-hybridized carbons (Fsp3) is 0.562. The minimum atomic E-state index is -0.485. The highest BCUT2D eigenvalue weighted by Crippen LogP contribution is 2.31. The van der Waals surface area contributed by atoms with Crippen LogP contribution in [0.5, 0.6) is 0 Å². The normalized spacial score (nSPS) is 21.8. The van der Waals surface area contributed by atoms with Gasteiger partial charge in [0.2, 0.25) is 0 Å². The summed E-state index contributed by atoms with van der Waals surface area (Å²) in [5.41, 5.74) is 3.50. The molecule has 1 N–H and O–H groups in total. The largest absolute Gasteiger partial charge is 0.391 e. The van der Waals surface area contributed by atoms with Crippen molar-refractivity contribution in [2.75, 3.05) is 6.54 Å². The number of nitrogens with zero attached hydrogens (tertiary/aromatic N) is 1. The molecule has 1 saturated heterocycles. The number of hydrogen-bond donors (Lipinski definition) is 1. The van der Waals surface area contributed by atoms with Crippen molar-refractivity contribution in [1.29, 1.82) is 0 Å². The van der Waals surface area contributed by atoms with E-state index in [0.717, 1.165) is 16.7 Å². The van der Waals surface area contributed by atoms with Crippen molar-refractivity contribution in [3.63, 3.8) is 0 Å². The summed E-state index contributed by atoms with van der Waals surface area (Å²) in [6.07, 6.45) is 0.213. The average Bonchev–Trinajstić information content (AvgIpc) is 2.52. The molecule has 1 aromatic rings. The van der Waals surface area contributed by atoms with Gasteiger partial charge in [-0.25, -0.2) is 0 Å². The average molecular weight is 261 g/mol. The third-order valence-corrected chi connectivity index (χ3v) is 4.27. The Hall–Kier alpha value is -1.35. The summed E-state index contributed by atoms with van der Waals surface area (Å²) in [7, 11) is 0. The number of rotatable bonds is 1. The molecule has 1 aromatic carbocycles. The van der Waals surface area contributed by atoms with Gasteiger partial charge in [0.15, 0.2) is 0 Å². The smallest absolute Gasteiger partial charge is 0.254 e. The zero-order valence-electron chi connectivity index (χ0n) is 12.4. The molecular weight excluding hydrogens is 238 g/mol. The van der Waals surface area contributed by atoms with Gasteiger partial charge < -0.3 is 10.0 Å². The Bertz CT molecular complexity index is 496. The summed E-state index contributed by atoms with van der Waals surface area (Å²) in [6, 6.07) is 4.08. The second kappa shape index (κ2) is 4.64. The van der Waals surface area contributed by atoms with Crippen molar-refractivity contribution in [2.45, 2.75) is 52.7 Å². The number of aliphatic hydroxyl groups excluding tert-OH is 1. The van der Waals surface area contributed by atoms with Crippen LogP contribution in [0.25, 0.3) is 0 Å². The van der Waals surface area contributed by atoms with E-state index in [0.29, 0.717) is 13.0 Å². The number of aryl methyl sites for hydroxylation is 3. The van der Waals surface area contributed by atoms with Crippen LogP contribution in [-0.4, -0.2) is 34.1 Å². The maximum atomic E-state index is 12.8. The highest BCUT2D eigenvalue weighted by Gasteiger charge is 2.43. The molecule has 1 fully saturated rings. The van der Waals surface area contributed by atoms with Crippen LogP contribution in [0.3, 0.4) is 0 Å². The van der Waals surface area contributed by atoms with Gasteiger partial charge in [0, 0.05) is 12.1 Å². The zero-order chi connectivity index (χ0) is 14.4. The summed E-state index contributed by atoms with van der Waals surface area (Å²) in [5.74, 6) is 0.0385. The topological polar surface area (TPSA) is 40.5 Å². The first-order valence-electron chi connectivity index (χ1n) is 6.83. The van der Waals surface area contributed by atoms with Crippen LogP contribution in [0.4, 0.5) is 0 Å². The van der Waals surface area contributed by atoms with E-state index in [9.17, 15) is 9.90 Å². The number of hydrogen-bond acceptors (Lipinski definition) is 2. The van der Waals surface area contributed by atoms with Crippen LogP contribution in [0.1, 0.15) is 47.3 Å².